The van der Waals surface area contributed by atoms with Crippen molar-refractivity contribution >= 4 is 23.4 Å². The molecule has 0 aromatic carbocycles. The quantitative estimate of drug-likeness (QED) is 0.598. The van der Waals surface area contributed by atoms with Crippen LogP contribution in [-0.4, -0.2) is 23.8 Å². The van der Waals surface area contributed by atoms with E-state index in [1.165, 1.54) is 19.3 Å². The van der Waals surface area contributed by atoms with Gasteiger partial charge in [-0.1, -0.05) is 18.0 Å². The van der Waals surface area contributed by atoms with Crippen molar-refractivity contribution in [1.82, 2.24) is 10.3 Å². The number of rotatable bonds is 7. The summed E-state index contributed by atoms with van der Waals surface area (Å²) in [5, 5.41) is 4.95. The molecule has 1 rings (SSSR count). The minimum atomic E-state index is 0.614. The molecule has 90 valence electrons. The summed E-state index contributed by atoms with van der Waals surface area (Å²) in [7, 11) is 2.01. The molecular formula is C12H19ClN2S. The number of halogens is 1. The van der Waals surface area contributed by atoms with E-state index in [0.29, 0.717) is 6.04 Å². The fourth-order valence-electron chi connectivity index (χ4n) is 1.34. The summed E-state index contributed by atoms with van der Waals surface area (Å²) in [6.07, 6.45) is 5.48. The van der Waals surface area contributed by atoms with E-state index in [-0.39, 0.29) is 0 Å². The lowest BCUT2D eigenvalue weighted by Gasteiger charge is -2.09. The largest absolute Gasteiger partial charge is 0.317 e. The van der Waals surface area contributed by atoms with Gasteiger partial charge in [0.15, 0.2) is 0 Å². The predicted molar refractivity (Wildman–Crippen MR) is 72.3 cm³/mol. The van der Waals surface area contributed by atoms with Crippen LogP contribution in [0.3, 0.4) is 0 Å². The molecule has 2 nitrogen and oxygen atoms in total. The highest BCUT2D eigenvalue weighted by atomic mass is 35.5. The van der Waals surface area contributed by atoms with Crippen LogP contribution >= 0.6 is 23.4 Å². The van der Waals surface area contributed by atoms with Crippen molar-refractivity contribution < 1.29 is 0 Å². The van der Waals surface area contributed by atoms with Crippen LogP contribution in [0.2, 0.25) is 5.02 Å². The third kappa shape index (κ3) is 5.19. The first kappa shape index (κ1) is 13.8. The first-order valence-corrected chi connectivity index (χ1v) is 7.01. The highest BCUT2D eigenvalue weighted by Crippen LogP contribution is 2.24. The van der Waals surface area contributed by atoms with Gasteiger partial charge in [-0.15, -0.1) is 11.8 Å². The molecule has 0 radical (unpaired) electrons. The van der Waals surface area contributed by atoms with Gasteiger partial charge in [-0.3, -0.25) is 0 Å². The van der Waals surface area contributed by atoms with E-state index in [4.69, 9.17) is 11.6 Å². The molecule has 0 aliphatic carbocycles. The highest BCUT2D eigenvalue weighted by molar-refractivity contribution is 7.99. The second-order valence-corrected chi connectivity index (χ2v) is 5.32. The van der Waals surface area contributed by atoms with E-state index in [2.05, 4.69) is 17.2 Å². The second kappa shape index (κ2) is 7.93. The second-order valence-electron chi connectivity index (χ2n) is 3.82. The summed E-state index contributed by atoms with van der Waals surface area (Å²) < 4.78 is 0. The van der Waals surface area contributed by atoms with Gasteiger partial charge in [0, 0.05) is 12.2 Å². The monoisotopic (exact) mass is 258 g/mol. The van der Waals surface area contributed by atoms with Crippen LogP contribution in [-0.2, 0) is 0 Å². The average molecular weight is 259 g/mol. The van der Waals surface area contributed by atoms with Crippen molar-refractivity contribution in [3.8, 4) is 0 Å². The average Bonchev–Trinajstić information content (AvgIpc) is 2.30. The van der Waals surface area contributed by atoms with Gasteiger partial charge in [-0.2, -0.15) is 0 Å². The molecule has 1 heterocycles. The van der Waals surface area contributed by atoms with Crippen LogP contribution in [0.4, 0.5) is 0 Å². The molecule has 1 unspecified atom stereocenters. The maximum atomic E-state index is 6.02. The third-order valence-electron chi connectivity index (χ3n) is 2.49. The first-order valence-electron chi connectivity index (χ1n) is 5.64. The Kier molecular flexibility index (Phi) is 6.85. The molecule has 0 amide bonds. The van der Waals surface area contributed by atoms with Gasteiger partial charge in [-0.25, -0.2) is 4.98 Å². The molecule has 1 aromatic heterocycles. The topological polar surface area (TPSA) is 24.9 Å². The molecule has 0 fully saturated rings. The van der Waals surface area contributed by atoms with Crippen LogP contribution in [0.5, 0.6) is 0 Å². The molecule has 1 aromatic rings. The maximum absolute atomic E-state index is 6.02. The Morgan fingerprint density at radius 2 is 2.31 bits per heavy atom. The van der Waals surface area contributed by atoms with Crippen LogP contribution in [0.1, 0.15) is 26.2 Å². The van der Waals surface area contributed by atoms with Crippen LogP contribution in [0.25, 0.3) is 0 Å². The summed E-state index contributed by atoms with van der Waals surface area (Å²) in [5.41, 5.74) is 0. The van der Waals surface area contributed by atoms with E-state index in [1.54, 1.807) is 18.0 Å². The lowest BCUT2D eigenvalue weighted by molar-refractivity contribution is 0.539. The smallest absolute Gasteiger partial charge is 0.115 e. The van der Waals surface area contributed by atoms with Gasteiger partial charge in [0.2, 0.25) is 0 Å². The van der Waals surface area contributed by atoms with Gasteiger partial charge in [0.1, 0.15) is 5.03 Å². The minimum absolute atomic E-state index is 0.614. The Hall–Kier alpha value is -0.250. The fraction of sp³-hybridized carbons (Fsp3) is 0.583. The van der Waals surface area contributed by atoms with E-state index >= 15 is 0 Å². The fourth-order valence-corrected chi connectivity index (χ4v) is 2.51. The Labute approximate surface area is 107 Å². The summed E-state index contributed by atoms with van der Waals surface area (Å²) in [5.74, 6) is 1.09. The molecule has 0 spiro atoms. The number of nitrogens with zero attached hydrogens (tertiary/aromatic N) is 1. The zero-order valence-corrected chi connectivity index (χ0v) is 11.4. The molecule has 0 aliphatic rings. The molecule has 16 heavy (non-hydrogen) atoms. The number of unbranched alkanes of at least 4 members (excludes halogenated alkanes) is 1. The lowest BCUT2D eigenvalue weighted by Crippen LogP contribution is -2.20. The lowest BCUT2D eigenvalue weighted by atomic mass is 10.1. The van der Waals surface area contributed by atoms with Crippen molar-refractivity contribution in [2.45, 2.75) is 37.3 Å². The molecule has 1 atom stereocenters. The maximum Gasteiger partial charge on any atom is 0.115 e. The summed E-state index contributed by atoms with van der Waals surface area (Å²) >= 11 is 7.76. The van der Waals surface area contributed by atoms with E-state index in [9.17, 15) is 0 Å². The number of hydrogen-bond acceptors (Lipinski definition) is 3. The predicted octanol–water partition coefficient (Wildman–Crippen LogP) is 3.61. The van der Waals surface area contributed by atoms with Crippen molar-refractivity contribution in [1.29, 1.82) is 0 Å². The highest BCUT2D eigenvalue weighted by Gasteiger charge is 2.02. The van der Waals surface area contributed by atoms with E-state index in [1.807, 2.05) is 19.2 Å². The number of pyridine rings is 1. The van der Waals surface area contributed by atoms with Crippen LogP contribution in [0, 0.1) is 0 Å². The van der Waals surface area contributed by atoms with Crippen LogP contribution < -0.4 is 5.32 Å². The van der Waals surface area contributed by atoms with E-state index < -0.39 is 0 Å². The zero-order chi connectivity index (χ0) is 11.8. The Bertz CT molecular complexity index is 307. The molecule has 0 aliphatic heterocycles. The molecule has 0 bridgehead atoms. The molecular weight excluding hydrogens is 240 g/mol. The Morgan fingerprint density at radius 3 is 3.00 bits per heavy atom. The molecule has 0 saturated heterocycles. The van der Waals surface area contributed by atoms with Crippen molar-refractivity contribution in [2.75, 3.05) is 12.8 Å². The van der Waals surface area contributed by atoms with Crippen molar-refractivity contribution in [3.63, 3.8) is 0 Å². The number of hydrogen-bond donors (Lipinski definition) is 1. The molecule has 1 N–H and O–H groups in total. The summed E-state index contributed by atoms with van der Waals surface area (Å²) in [6.45, 7) is 2.21. The van der Waals surface area contributed by atoms with Crippen molar-refractivity contribution in [3.05, 3.63) is 23.4 Å². The SMILES string of the molecule is CNC(C)CCCCSc1ncccc1Cl. The van der Waals surface area contributed by atoms with Gasteiger partial charge in [-0.05, 0) is 44.7 Å². The zero-order valence-electron chi connectivity index (χ0n) is 9.87. The number of nitrogens with one attached hydrogen (secondary N) is 1. The number of thioether (sulfide) groups is 1. The van der Waals surface area contributed by atoms with Gasteiger partial charge in [0.05, 0.1) is 5.02 Å². The summed E-state index contributed by atoms with van der Waals surface area (Å²) in [6, 6.07) is 4.37. The normalized spacial score (nSPS) is 12.7. The Morgan fingerprint density at radius 1 is 1.50 bits per heavy atom. The first-order chi connectivity index (χ1) is 7.74. The van der Waals surface area contributed by atoms with Crippen LogP contribution in [0.15, 0.2) is 23.4 Å². The van der Waals surface area contributed by atoms with Gasteiger partial charge in [0.25, 0.3) is 0 Å². The third-order valence-corrected chi connectivity index (χ3v) is 4.00. The molecule has 0 saturated carbocycles. The standard InChI is InChI=1S/C12H19ClN2S/c1-10(14-2)6-3-4-9-16-12-11(13)7-5-8-15-12/h5,7-8,10,14H,3-4,6,9H2,1-2H3. The van der Waals surface area contributed by atoms with E-state index in [0.717, 1.165) is 15.8 Å². The minimum Gasteiger partial charge on any atom is -0.317 e. The van der Waals surface area contributed by atoms with Gasteiger partial charge >= 0.3 is 0 Å². The Balaban J connectivity index is 2.14. The van der Waals surface area contributed by atoms with Crippen molar-refractivity contribution in [2.24, 2.45) is 0 Å². The molecule has 4 heteroatoms. The van der Waals surface area contributed by atoms with Gasteiger partial charge < -0.3 is 5.32 Å². The summed E-state index contributed by atoms with van der Waals surface area (Å²) in [4.78, 5) is 4.25. The number of aromatic nitrogens is 1.